The predicted octanol–water partition coefficient (Wildman–Crippen LogP) is 0.760. The maximum Gasteiger partial charge on any atom is 0.240 e. The van der Waals surface area contributed by atoms with Gasteiger partial charge in [0.1, 0.15) is 0 Å². The van der Waals surface area contributed by atoms with Crippen LogP contribution in [0.2, 0.25) is 0 Å². The molecule has 2 rings (SSSR count). The summed E-state index contributed by atoms with van der Waals surface area (Å²) in [5.41, 5.74) is 10.9. The van der Waals surface area contributed by atoms with Crippen LogP contribution < -0.4 is 11.5 Å². The highest BCUT2D eigenvalue weighted by molar-refractivity contribution is 5.87. The third-order valence-corrected chi connectivity index (χ3v) is 4.51. The predicted molar refractivity (Wildman–Crippen MR) is 73.1 cm³/mol. The molecular formula is C14H25N3O2. The summed E-state index contributed by atoms with van der Waals surface area (Å²) >= 11 is 0. The third-order valence-electron chi connectivity index (χ3n) is 4.51. The molecule has 0 spiro atoms. The molecule has 0 aromatic carbocycles. The van der Waals surface area contributed by atoms with E-state index in [0.29, 0.717) is 12.0 Å². The molecule has 1 heterocycles. The highest BCUT2D eigenvalue weighted by atomic mass is 16.2. The third kappa shape index (κ3) is 3.47. The summed E-state index contributed by atoms with van der Waals surface area (Å²) < 4.78 is 0. The second-order valence-electron chi connectivity index (χ2n) is 5.92. The van der Waals surface area contributed by atoms with Gasteiger partial charge in [-0.15, -0.1) is 0 Å². The molecule has 1 saturated heterocycles. The van der Waals surface area contributed by atoms with Gasteiger partial charge in [-0.25, -0.2) is 0 Å². The van der Waals surface area contributed by atoms with Gasteiger partial charge in [0.15, 0.2) is 0 Å². The van der Waals surface area contributed by atoms with Crippen LogP contribution in [0, 0.1) is 5.92 Å². The van der Waals surface area contributed by atoms with Crippen molar-refractivity contribution >= 4 is 11.8 Å². The van der Waals surface area contributed by atoms with Crippen LogP contribution in [0.15, 0.2) is 0 Å². The van der Waals surface area contributed by atoms with Crippen molar-refractivity contribution in [2.45, 2.75) is 63.5 Å². The van der Waals surface area contributed by atoms with E-state index in [2.05, 4.69) is 0 Å². The fraction of sp³-hybridized carbons (Fsp3) is 0.857. The first-order chi connectivity index (χ1) is 9.09. The van der Waals surface area contributed by atoms with E-state index in [4.69, 9.17) is 11.5 Å². The molecule has 1 saturated carbocycles. The number of hydrogen-bond donors (Lipinski definition) is 2. The number of nitrogens with two attached hydrogens (primary N) is 2. The van der Waals surface area contributed by atoms with Crippen LogP contribution in [0.1, 0.15) is 51.4 Å². The summed E-state index contributed by atoms with van der Waals surface area (Å²) in [5.74, 6) is 0.0297. The van der Waals surface area contributed by atoms with Crippen molar-refractivity contribution in [2.24, 2.45) is 17.4 Å². The van der Waals surface area contributed by atoms with Crippen LogP contribution in [-0.2, 0) is 9.59 Å². The van der Waals surface area contributed by atoms with E-state index in [1.807, 2.05) is 4.90 Å². The van der Waals surface area contributed by atoms with Gasteiger partial charge in [-0.3, -0.25) is 9.59 Å². The second-order valence-corrected chi connectivity index (χ2v) is 5.92. The minimum Gasteiger partial charge on any atom is -0.370 e. The maximum absolute atomic E-state index is 12.3. The van der Waals surface area contributed by atoms with Gasteiger partial charge in [0.05, 0.1) is 12.5 Å². The summed E-state index contributed by atoms with van der Waals surface area (Å²) in [5, 5.41) is 0. The molecule has 2 amide bonds. The number of hydrogen-bond acceptors (Lipinski definition) is 3. The smallest absolute Gasteiger partial charge is 0.240 e. The lowest BCUT2D eigenvalue weighted by molar-refractivity contribution is -0.136. The van der Waals surface area contributed by atoms with Crippen molar-refractivity contribution in [1.82, 2.24) is 4.90 Å². The quantitative estimate of drug-likeness (QED) is 0.788. The molecule has 0 aromatic rings. The molecule has 1 aliphatic carbocycles. The molecule has 0 radical (unpaired) electrons. The Bertz CT molecular complexity index is 340. The normalized spacial score (nSPS) is 26.4. The molecule has 1 aliphatic heterocycles. The maximum atomic E-state index is 12.3. The first kappa shape index (κ1) is 14.3. The summed E-state index contributed by atoms with van der Waals surface area (Å²) in [6.45, 7) is 0.784. The highest BCUT2D eigenvalue weighted by Crippen LogP contribution is 2.34. The van der Waals surface area contributed by atoms with Crippen LogP contribution >= 0.6 is 0 Å². The molecule has 5 heteroatoms. The number of primary amides is 1. The lowest BCUT2D eigenvalue weighted by atomic mass is 9.83. The molecular weight excluding hydrogens is 242 g/mol. The van der Waals surface area contributed by atoms with Crippen molar-refractivity contribution in [3.05, 3.63) is 0 Å². The first-order valence-corrected chi connectivity index (χ1v) is 7.44. The van der Waals surface area contributed by atoms with Crippen molar-refractivity contribution in [3.63, 3.8) is 0 Å². The van der Waals surface area contributed by atoms with E-state index in [0.717, 1.165) is 19.4 Å². The van der Waals surface area contributed by atoms with E-state index in [-0.39, 0.29) is 12.3 Å². The Morgan fingerprint density at radius 3 is 2.42 bits per heavy atom. The first-order valence-electron chi connectivity index (χ1n) is 7.44. The van der Waals surface area contributed by atoms with Gasteiger partial charge >= 0.3 is 0 Å². The Morgan fingerprint density at radius 1 is 1.11 bits per heavy atom. The van der Waals surface area contributed by atoms with Crippen molar-refractivity contribution in [1.29, 1.82) is 0 Å². The van der Waals surface area contributed by atoms with Crippen LogP contribution in [-0.4, -0.2) is 35.3 Å². The minimum absolute atomic E-state index is 0.0489. The van der Waals surface area contributed by atoms with E-state index in [1.54, 1.807) is 0 Å². The molecule has 4 N–H and O–H groups in total. The average molecular weight is 267 g/mol. The summed E-state index contributed by atoms with van der Waals surface area (Å²) in [6.07, 6.45) is 8.40. The van der Waals surface area contributed by atoms with E-state index in [1.165, 1.54) is 32.1 Å². The minimum atomic E-state index is -0.762. The molecule has 2 fully saturated rings. The Hall–Kier alpha value is -1.10. The number of carbonyl (C=O) groups is 2. The van der Waals surface area contributed by atoms with Gasteiger partial charge in [-0.1, -0.05) is 19.3 Å². The topological polar surface area (TPSA) is 89.4 Å². The molecule has 5 nitrogen and oxygen atoms in total. The van der Waals surface area contributed by atoms with Gasteiger partial charge in [-0.2, -0.15) is 0 Å². The Kier molecular flexibility index (Phi) is 4.80. The largest absolute Gasteiger partial charge is 0.370 e. The van der Waals surface area contributed by atoms with Gasteiger partial charge in [0, 0.05) is 12.6 Å². The molecule has 2 aliphatic rings. The number of amides is 2. The zero-order valence-corrected chi connectivity index (χ0v) is 11.5. The van der Waals surface area contributed by atoms with E-state index in [9.17, 15) is 9.59 Å². The lowest BCUT2D eigenvalue weighted by Crippen LogP contribution is -2.49. The van der Waals surface area contributed by atoms with Gasteiger partial charge in [0.2, 0.25) is 11.8 Å². The Balaban J connectivity index is 1.97. The standard InChI is InChI=1S/C14H25N3O2/c15-11(9-13(16)18)14(19)17-8-4-7-12(17)10-5-2-1-3-6-10/h10-12H,1-9,15H2,(H2,16,18). The van der Waals surface area contributed by atoms with Crippen molar-refractivity contribution in [2.75, 3.05) is 6.54 Å². The number of likely N-dealkylation sites (tertiary alicyclic amines) is 1. The van der Waals surface area contributed by atoms with E-state index < -0.39 is 11.9 Å². The SMILES string of the molecule is NC(=O)CC(N)C(=O)N1CCCC1C1CCCCC1. The van der Waals surface area contributed by atoms with Crippen molar-refractivity contribution in [3.8, 4) is 0 Å². The summed E-state index contributed by atoms with van der Waals surface area (Å²) in [6, 6.07) is -0.423. The molecule has 19 heavy (non-hydrogen) atoms. The molecule has 0 aromatic heterocycles. The van der Waals surface area contributed by atoms with Crippen LogP contribution in [0.5, 0.6) is 0 Å². The number of nitrogens with zero attached hydrogens (tertiary/aromatic N) is 1. The Labute approximate surface area is 114 Å². The molecule has 2 unspecified atom stereocenters. The monoisotopic (exact) mass is 267 g/mol. The van der Waals surface area contributed by atoms with Crippen LogP contribution in [0.4, 0.5) is 0 Å². The molecule has 108 valence electrons. The fourth-order valence-corrected chi connectivity index (χ4v) is 3.59. The van der Waals surface area contributed by atoms with Crippen LogP contribution in [0.25, 0.3) is 0 Å². The fourth-order valence-electron chi connectivity index (χ4n) is 3.59. The molecule has 2 atom stereocenters. The number of rotatable bonds is 4. The lowest BCUT2D eigenvalue weighted by Gasteiger charge is -2.35. The van der Waals surface area contributed by atoms with Gasteiger partial charge < -0.3 is 16.4 Å². The second kappa shape index (κ2) is 6.37. The van der Waals surface area contributed by atoms with Crippen LogP contribution in [0.3, 0.4) is 0 Å². The average Bonchev–Trinajstić information content (AvgIpc) is 2.87. The zero-order chi connectivity index (χ0) is 13.8. The summed E-state index contributed by atoms with van der Waals surface area (Å²) in [4.78, 5) is 25.1. The van der Waals surface area contributed by atoms with Gasteiger partial charge in [0.25, 0.3) is 0 Å². The van der Waals surface area contributed by atoms with Gasteiger partial charge in [-0.05, 0) is 31.6 Å². The van der Waals surface area contributed by atoms with Crippen molar-refractivity contribution < 1.29 is 9.59 Å². The highest BCUT2D eigenvalue weighted by Gasteiger charge is 2.36. The summed E-state index contributed by atoms with van der Waals surface area (Å²) in [7, 11) is 0. The number of carbonyl (C=O) groups excluding carboxylic acids is 2. The zero-order valence-electron chi connectivity index (χ0n) is 11.5. The Morgan fingerprint density at radius 2 is 1.79 bits per heavy atom. The molecule has 0 bridgehead atoms. The van der Waals surface area contributed by atoms with E-state index >= 15 is 0 Å².